The minimum absolute atomic E-state index is 0.0344. The smallest absolute Gasteiger partial charge is 0.405 e. The van der Waals surface area contributed by atoms with Gasteiger partial charge in [-0.1, -0.05) is 29.8 Å². The Balaban J connectivity index is 2.77. The van der Waals surface area contributed by atoms with E-state index in [-0.39, 0.29) is 18.3 Å². The standard InChI is InChI=1S/C14H19BrFNO3/c1-9(2)7-14(3,20-13(17)18)8-19-12-5-4-10(15)6-11(12)16/h4-6,9H,7-8H2,1-3H3,(H2,17,18). The normalized spacial score (nSPS) is 13.9. The van der Waals surface area contributed by atoms with Gasteiger partial charge in [-0.05, 0) is 37.5 Å². The van der Waals surface area contributed by atoms with E-state index in [0.717, 1.165) is 0 Å². The third-order valence-electron chi connectivity index (χ3n) is 2.61. The lowest BCUT2D eigenvalue weighted by Crippen LogP contribution is -2.41. The van der Waals surface area contributed by atoms with E-state index < -0.39 is 17.5 Å². The summed E-state index contributed by atoms with van der Waals surface area (Å²) in [4.78, 5) is 11.0. The van der Waals surface area contributed by atoms with Crippen molar-refractivity contribution in [2.24, 2.45) is 11.7 Å². The van der Waals surface area contributed by atoms with Crippen molar-refractivity contribution in [1.82, 2.24) is 0 Å². The lowest BCUT2D eigenvalue weighted by atomic mass is 9.95. The molecule has 1 aromatic carbocycles. The fraction of sp³-hybridized carbons (Fsp3) is 0.500. The molecule has 112 valence electrons. The summed E-state index contributed by atoms with van der Waals surface area (Å²) in [5.74, 6) is -0.0979. The molecule has 1 unspecified atom stereocenters. The summed E-state index contributed by atoms with van der Waals surface area (Å²) in [6.45, 7) is 5.73. The maximum atomic E-state index is 13.7. The van der Waals surface area contributed by atoms with E-state index >= 15 is 0 Å². The number of carbonyl (C=O) groups excluding carboxylic acids is 1. The van der Waals surface area contributed by atoms with Gasteiger partial charge in [0, 0.05) is 4.47 Å². The number of nitrogens with two attached hydrogens (primary N) is 1. The highest BCUT2D eigenvalue weighted by atomic mass is 79.9. The quantitative estimate of drug-likeness (QED) is 0.849. The Morgan fingerprint density at radius 1 is 1.50 bits per heavy atom. The second kappa shape index (κ2) is 6.92. The highest BCUT2D eigenvalue weighted by molar-refractivity contribution is 9.10. The predicted molar refractivity (Wildman–Crippen MR) is 78.1 cm³/mol. The van der Waals surface area contributed by atoms with Crippen molar-refractivity contribution >= 4 is 22.0 Å². The topological polar surface area (TPSA) is 61.6 Å². The van der Waals surface area contributed by atoms with Crippen LogP contribution in [0.3, 0.4) is 0 Å². The van der Waals surface area contributed by atoms with Crippen molar-refractivity contribution in [1.29, 1.82) is 0 Å². The summed E-state index contributed by atoms with van der Waals surface area (Å²) in [6.07, 6.45) is -0.304. The molecule has 0 heterocycles. The zero-order valence-electron chi connectivity index (χ0n) is 11.8. The van der Waals surface area contributed by atoms with Crippen LogP contribution < -0.4 is 10.5 Å². The molecular formula is C14H19BrFNO3. The van der Waals surface area contributed by atoms with Crippen LogP contribution in [0, 0.1) is 11.7 Å². The largest absolute Gasteiger partial charge is 0.486 e. The lowest BCUT2D eigenvalue weighted by molar-refractivity contribution is -0.0193. The van der Waals surface area contributed by atoms with Crippen molar-refractivity contribution in [2.45, 2.75) is 32.8 Å². The molecule has 20 heavy (non-hydrogen) atoms. The van der Waals surface area contributed by atoms with E-state index in [1.807, 2.05) is 13.8 Å². The van der Waals surface area contributed by atoms with Gasteiger partial charge < -0.3 is 15.2 Å². The van der Waals surface area contributed by atoms with Crippen LogP contribution in [0.15, 0.2) is 22.7 Å². The Kier molecular flexibility index (Phi) is 5.80. The molecule has 4 nitrogen and oxygen atoms in total. The number of hydrogen-bond donors (Lipinski definition) is 1. The number of ether oxygens (including phenoxy) is 2. The molecule has 0 aliphatic heterocycles. The van der Waals surface area contributed by atoms with Crippen molar-refractivity contribution in [3.63, 3.8) is 0 Å². The Morgan fingerprint density at radius 3 is 2.65 bits per heavy atom. The van der Waals surface area contributed by atoms with Crippen LogP contribution in [0.4, 0.5) is 9.18 Å². The Labute approximate surface area is 126 Å². The van der Waals surface area contributed by atoms with Gasteiger partial charge >= 0.3 is 6.09 Å². The number of rotatable bonds is 6. The molecule has 0 saturated carbocycles. The van der Waals surface area contributed by atoms with E-state index in [0.29, 0.717) is 10.9 Å². The number of halogens is 2. The van der Waals surface area contributed by atoms with Gasteiger partial charge in [0.25, 0.3) is 0 Å². The van der Waals surface area contributed by atoms with E-state index in [1.165, 1.54) is 12.1 Å². The molecule has 2 N–H and O–H groups in total. The number of carbonyl (C=O) groups is 1. The molecule has 0 aromatic heterocycles. The molecule has 0 saturated heterocycles. The minimum atomic E-state index is -0.889. The second-order valence-electron chi connectivity index (χ2n) is 5.33. The zero-order valence-corrected chi connectivity index (χ0v) is 13.4. The van der Waals surface area contributed by atoms with Gasteiger partial charge in [0.1, 0.15) is 12.2 Å². The second-order valence-corrected chi connectivity index (χ2v) is 6.25. The van der Waals surface area contributed by atoms with Crippen molar-refractivity contribution < 1.29 is 18.7 Å². The Hall–Kier alpha value is -1.30. The molecule has 1 atom stereocenters. The first kappa shape index (κ1) is 16.8. The van der Waals surface area contributed by atoms with Crippen LogP contribution in [0.25, 0.3) is 0 Å². The van der Waals surface area contributed by atoms with Crippen LogP contribution in [-0.2, 0) is 4.74 Å². The van der Waals surface area contributed by atoms with E-state index in [2.05, 4.69) is 15.9 Å². The van der Waals surface area contributed by atoms with Gasteiger partial charge in [-0.2, -0.15) is 0 Å². The van der Waals surface area contributed by atoms with Crippen LogP contribution in [0.1, 0.15) is 27.2 Å². The van der Waals surface area contributed by atoms with Crippen molar-refractivity contribution in [3.8, 4) is 5.75 Å². The Bertz CT molecular complexity index is 481. The van der Waals surface area contributed by atoms with Crippen LogP contribution in [-0.4, -0.2) is 18.3 Å². The summed E-state index contributed by atoms with van der Waals surface area (Å²) in [6, 6.07) is 4.50. The molecule has 1 aromatic rings. The summed E-state index contributed by atoms with van der Waals surface area (Å²) >= 11 is 3.17. The van der Waals surface area contributed by atoms with Gasteiger partial charge in [-0.3, -0.25) is 0 Å². The van der Waals surface area contributed by atoms with Crippen LogP contribution in [0.5, 0.6) is 5.75 Å². The van der Waals surface area contributed by atoms with E-state index in [4.69, 9.17) is 15.2 Å². The zero-order chi connectivity index (χ0) is 15.3. The lowest BCUT2D eigenvalue weighted by Gasteiger charge is -2.30. The van der Waals surface area contributed by atoms with Crippen LogP contribution in [0.2, 0.25) is 0 Å². The van der Waals surface area contributed by atoms with E-state index in [9.17, 15) is 9.18 Å². The van der Waals surface area contributed by atoms with Gasteiger partial charge in [-0.15, -0.1) is 0 Å². The van der Waals surface area contributed by atoms with Gasteiger partial charge in [0.15, 0.2) is 11.6 Å². The molecule has 0 radical (unpaired) electrons. The number of primary amides is 1. The fourth-order valence-electron chi connectivity index (χ4n) is 2.06. The number of amides is 1. The van der Waals surface area contributed by atoms with Crippen LogP contribution >= 0.6 is 15.9 Å². The summed E-state index contributed by atoms with van der Waals surface area (Å²) in [7, 11) is 0. The SMILES string of the molecule is CC(C)CC(C)(COc1ccc(Br)cc1F)OC(N)=O. The number of benzene rings is 1. The van der Waals surface area contributed by atoms with Gasteiger partial charge in [-0.25, -0.2) is 9.18 Å². The Morgan fingerprint density at radius 2 is 2.15 bits per heavy atom. The molecule has 0 aliphatic carbocycles. The van der Waals surface area contributed by atoms with Gasteiger partial charge in [0.05, 0.1) is 0 Å². The summed E-state index contributed by atoms with van der Waals surface area (Å²) in [5.41, 5.74) is 4.19. The molecule has 0 aliphatic rings. The first-order valence-corrected chi connectivity index (χ1v) is 7.07. The molecule has 0 bridgehead atoms. The fourth-order valence-corrected chi connectivity index (χ4v) is 2.39. The third kappa shape index (κ3) is 5.36. The highest BCUT2D eigenvalue weighted by Gasteiger charge is 2.30. The maximum absolute atomic E-state index is 13.7. The molecule has 1 rings (SSSR count). The molecule has 1 amide bonds. The first-order valence-electron chi connectivity index (χ1n) is 6.28. The van der Waals surface area contributed by atoms with Crippen molar-refractivity contribution in [2.75, 3.05) is 6.61 Å². The molecule has 0 spiro atoms. The molecular weight excluding hydrogens is 329 g/mol. The average molecular weight is 348 g/mol. The number of hydrogen-bond acceptors (Lipinski definition) is 3. The summed E-state index contributed by atoms with van der Waals surface area (Å²) < 4.78 is 24.8. The van der Waals surface area contributed by atoms with Gasteiger partial charge in [0.2, 0.25) is 0 Å². The third-order valence-corrected chi connectivity index (χ3v) is 3.11. The molecule has 0 fully saturated rings. The molecule has 6 heteroatoms. The maximum Gasteiger partial charge on any atom is 0.405 e. The predicted octanol–water partition coefficient (Wildman–Crippen LogP) is 3.87. The first-order chi connectivity index (χ1) is 9.22. The van der Waals surface area contributed by atoms with E-state index in [1.54, 1.807) is 13.0 Å². The monoisotopic (exact) mass is 347 g/mol. The average Bonchev–Trinajstić information content (AvgIpc) is 2.25. The highest BCUT2D eigenvalue weighted by Crippen LogP contribution is 2.26. The minimum Gasteiger partial charge on any atom is -0.486 e. The van der Waals surface area contributed by atoms with Crippen molar-refractivity contribution in [3.05, 3.63) is 28.5 Å². The summed E-state index contributed by atoms with van der Waals surface area (Å²) in [5, 5.41) is 0.